The number of benzene rings is 1. The van der Waals surface area contributed by atoms with Gasteiger partial charge in [0.25, 0.3) is 0 Å². The summed E-state index contributed by atoms with van der Waals surface area (Å²) in [7, 11) is -3.84. The Bertz CT molecular complexity index is 638. The van der Waals surface area contributed by atoms with Crippen molar-refractivity contribution in [1.82, 2.24) is 4.31 Å². The van der Waals surface area contributed by atoms with Gasteiger partial charge in [-0.3, -0.25) is 0 Å². The molecule has 21 heavy (non-hydrogen) atoms. The lowest BCUT2D eigenvalue weighted by Gasteiger charge is -2.35. The number of ether oxygens (including phenoxy) is 1. The van der Waals surface area contributed by atoms with Crippen molar-refractivity contribution in [3.05, 3.63) is 22.2 Å². The van der Waals surface area contributed by atoms with Crippen LogP contribution in [0.3, 0.4) is 0 Å². The summed E-state index contributed by atoms with van der Waals surface area (Å²) < 4.78 is 32.0. The Kier molecular flexibility index (Phi) is 5.02. The first-order valence-corrected chi connectivity index (χ1v) is 8.47. The molecular weight excluding hydrogens is 339 g/mol. The number of nitrogens with two attached hydrogens (primary N) is 1. The van der Waals surface area contributed by atoms with Gasteiger partial charge in [0.05, 0.1) is 34.5 Å². The van der Waals surface area contributed by atoms with Crippen molar-refractivity contribution in [2.24, 2.45) is 0 Å². The van der Waals surface area contributed by atoms with E-state index in [1.165, 1.54) is 16.4 Å². The van der Waals surface area contributed by atoms with E-state index in [1.54, 1.807) is 6.92 Å². The number of nitrogens with zero attached hydrogens (tertiary/aromatic N) is 1. The van der Waals surface area contributed by atoms with Crippen molar-refractivity contribution in [3.8, 4) is 0 Å². The molecular formula is C12H16Cl2N2O4S. The third kappa shape index (κ3) is 3.28. The molecule has 6 nitrogen and oxygen atoms in total. The lowest BCUT2D eigenvalue weighted by Crippen LogP contribution is -2.50. The smallest absolute Gasteiger partial charge is 0.244 e. The number of aliphatic hydroxyl groups is 1. The highest BCUT2D eigenvalue weighted by molar-refractivity contribution is 7.89. The zero-order valence-electron chi connectivity index (χ0n) is 11.3. The van der Waals surface area contributed by atoms with Crippen molar-refractivity contribution in [3.63, 3.8) is 0 Å². The minimum atomic E-state index is -3.84. The molecule has 0 aliphatic carbocycles. The van der Waals surface area contributed by atoms with Crippen LogP contribution in [0.25, 0.3) is 0 Å². The highest BCUT2D eigenvalue weighted by Gasteiger charge is 2.35. The SMILES string of the molecule is CC1CN(S(=O)(=O)c2ccc(Cl)c(N)c2Cl)CC(CO)O1. The molecule has 118 valence electrons. The van der Waals surface area contributed by atoms with Gasteiger partial charge in [0.15, 0.2) is 0 Å². The van der Waals surface area contributed by atoms with Crippen LogP contribution in [0.5, 0.6) is 0 Å². The molecule has 0 spiro atoms. The van der Waals surface area contributed by atoms with Crippen LogP contribution in [0, 0.1) is 0 Å². The summed E-state index contributed by atoms with van der Waals surface area (Å²) in [5.41, 5.74) is 5.71. The second-order valence-corrected chi connectivity index (χ2v) is 7.54. The van der Waals surface area contributed by atoms with Crippen molar-refractivity contribution in [2.45, 2.75) is 24.0 Å². The Hall–Kier alpha value is -0.570. The van der Waals surface area contributed by atoms with Gasteiger partial charge in [-0.1, -0.05) is 23.2 Å². The van der Waals surface area contributed by atoms with Crippen molar-refractivity contribution in [2.75, 3.05) is 25.4 Å². The molecule has 3 N–H and O–H groups in total. The fourth-order valence-corrected chi connectivity index (χ4v) is 4.47. The molecule has 1 saturated heterocycles. The number of hydrogen-bond acceptors (Lipinski definition) is 5. The van der Waals surface area contributed by atoms with E-state index >= 15 is 0 Å². The molecule has 2 atom stereocenters. The fraction of sp³-hybridized carbons (Fsp3) is 0.500. The second-order valence-electron chi connectivity index (χ2n) is 4.85. The molecule has 0 saturated carbocycles. The van der Waals surface area contributed by atoms with Gasteiger partial charge in [-0.2, -0.15) is 4.31 Å². The Labute approximate surface area is 133 Å². The van der Waals surface area contributed by atoms with E-state index in [1.807, 2.05) is 0 Å². The highest BCUT2D eigenvalue weighted by Crippen LogP contribution is 2.35. The fourth-order valence-electron chi connectivity index (χ4n) is 2.19. The Morgan fingerprint density at radius 1 is 1.43 bits per heavy atom. The third-order valence-electron chi connectivity index (χ3n) is 3.21. The van der Waals surface area contributed by atoms with Crippen molar-refractivity contribution in [1.29, 1.82) is 0 Å². The van der Waals surface area contributed by atoms with Gasteiger partial charge in [0.2, 0.25) is 10.0 Å². The minimum Gasteiger partial charge on any atom is -0.396 e. The number of morpholine rings is 1. The van der Waals surface area contributed by atoms with Crippen molar-refractivity contribution < 1.29 is 18.3 Å². The van der Waals surface area contributed by atoms with E-state index in [9.17, 15) is 13.5 Å². The lowest BCUT2D eigenvalue weighted by atomic mass is 10.2. The van der Waals surface area contributed by atoms with E-state index < -0.39 is 16.1 Å². The molecule has 0 bridgehead atoms. The lowest BCUT2D eigenvalue weighted by molar-refractivity contribution is -0.0750. The molecule has 2 rings (SSSR count). The van der Waals surface area contributed by atoms with Gasteiger partial charge in [-0.25, -0.2) is 8.42 Å². The van der Waals surface area contributed by atoms with Crippen molar-refractivity contribution >= 4 is 38.9 Å². The normalized spacial score (nSPS) is 24.2. The average Bonchev–Trinajstić information content (AvgIpc) is 2.43. The maximum Gasteiger partial charge on any atom is 0.244 e. The largest absolute Gasteiger partial charge is 0.396 e. The molecule has 1 aliphatic rings. The molecule has 1 fully saturated rings. The van der Waals surface area contributed by atoms with Gasteiger partial charge in [0, 0.05) is 13.1 Å². The number of sulfonamides is 1. The average molecular weight is 355 g/mol. The molecule has 1 heterocycles. The molecule has 9 heteroatoms. The number of aliphatic hydroxyl groups excluding tert-OH is 1. The summed E-state index contributed by atoms with van der Waals surface area (Å²) in [6.07, 6.45) is -0.888. The van der Waals surface area contributed by atoms with Crippen LogP contribution in [-0.4, -0.2) is 49.7 Å². The number of nitrogen functional groups attached to an aromatic ring is 1. The Morgan fingerprint density at radius 3 is 2.71 bits per heavy atom. The zero-order chi connectivity index (χ0) is 15.8. The number of anilines is 1. The summed E-state index contributed by atoms with van der Waals surface area (Å²) in [6.45, 7) is 1.72. The molecule has 1 aromatic carbocycles. The number of halogens is 2. The molecule has 0 radical (unpaired) electrons. The van der Waals surface area contributed by atoms with Gasteiger partial charge in [-0.05, 0) is 19.1 Å². The second kappa shape index (κ2) is 6.28. The molecule has 1 aliphatic heterocycles. The summed E-state index contributed by atoms with van der Waals surface area (Å²) in [6, 6.07) is 2.72. The van der Waals surface area contributed by atoms with Crippen LogP contribution in [-0.2, 0) is 14.8 Å². The first kappa shape index (κ1) is 16.8. The third-order valence-corrected chi connectivity index (χ3v) is 5.93. The first-order valence-electron chi connectivity index (χ1n) is 6.27. The monoisotopic (exact) mass is 354 g/mol. The number of hydrogen-bond donors (Lipinski definition) is 2. The maximum atomic E-state index is 12.7. The topological polar surface area (TPSA) is 92.9 Å². The summed E-state index contributed by atoms with van der Waals surface area (Å²) in [5.74, 6) is 0. The van der Waals surface area contributed by atoms with Gasteiger partial charge in [-0.15, -0.1) is 0 Å². The first-order chi connectivity index (χ1) is 9.77. The van der Waals surface area contributed by atoms with E-state index in [4.69, 9.17) is 33.7 Å². The van der Waals surface area contributed by atoms with Gasteiger partial charge in [0.1, 0.15) is 4.90 Å². The summed E-state index contributed by atoms with van der Waals surface area (Å²) >= 11 is 11.8. The van der Waals surface area contributed by atoms with E-state index in [0.29, 0.717) is 0 Å². The van der Waals surface area contributed by atoms with Crippen LogP contribution < -0.4 is 5.73 Å². The minimum absolute atomic E-state index is 0.0272. The predicted molar refractivity (Wildman–Crippen MR) is 81.1 cm³/mol. The van der Waals surface area contributed by atoms with E-state index in [-0.39, 0.29) is 46.4 Å². The van der Waals surface area contributed by atoms with Crippen LogP contribution in [0.1, 0.15) is 6.92 Å². The van der Waals surface area contributed by atoms with E-state index in [2.05, 4.69) is 0 Å². The Balaban J connectivity index is 2.40. The standard InChI is InChI=1S/C12H16Cl2N2O4S/c1-7-4-16(5-8(6-17)20-7)21(18,19)10-3-2-9(13)12(15)11(10)14/h2-3,7-8,17H,4-6,15H2,1H3. The predicted octanol–water partition coefficient (Wildman–Crippen LogP) is 1.35. The Morgan fingerprint density at radius 2 is 2.10 bits per heavy atom. The molecule has 1 aromatic rings. The quantitative estimate of drug-likeness (QED) is 0.799. The highest BCUT2D eigenvalue weighted by atomic mass is 35.5. The van der Waals surface area contributed by atoms with Gasteiger partial charge >= 0.3 is 0 Å². The van der Waals surface area contributed by atoms with Crippen LogP contribution in [0.15, 0.2) is 17.0 Å². The molecule has 0 amide bonds. The van der Waals surface area contributed by atoms with Crippen LogP contribution >= 0.6 is 23.2 Å². The van der Waals surface area contributed by atoms with Crippen LogP contribution in [0.2, 0.25) is 10.0 Å². The number of rotatable bonds is 3. The molecule has 0 aromatic heterocycles. The summed E-state index contributed by atoms with van der Waals surface area (Å²) in [4.78, 5) is -0.100. The van der Waals surface area contributed by atoms with Gasteiger partial charge < -0.3 is 15.6 Å². The molecule has 2 unspecified atom stereocenters. The zero-order valence-corrected chi connectivity index (χ0v) is 13.6. The summed E-state index contributed by atoms with van der Waals surface area (Å²) in [5, 5.41) is 9.29. The van der Waals surface area contributed by atoms with Crippen LogP contribution in [0.4, 0.5) is 5.69 Å². The maximum absolute atomic E-state index is 12.7. The van der Waals surface area contributed by atoms with E-state index in [0.717, 1.165) is 0 Å².